The summed E-state index contributed by atoms with van der Waals surface area (Å²) in [7, 11) is 2.18. The van der Waals surface area contributed by atoms with Crippen molar-refractivity contribution in [2.75, 3.05) is 31.6 Å². The van der Waals surface area contributed by atoms with Crippen molar-refractivity contribution in [1.29, 1.82) is 0 Å². The molecule has 0 N–H and O–H groups in total. The molecule has 0 radical (unpaired) electrons. The third-order valence-corrected chi connectivity index (χ3v) is 5.25. The van der Waals surface area contributed by atoms with Crippen molar-refractivity contribution in [3.8, 4) is 0 Å². The summed E-state index contributed by atoms with van der Waals surface area (Å²) in [5, 5.41) is 0. The zero-order valence-corrected chi connectivity index (χ0v) is 13.5. The van der Waals surface area contributed by atoms with Crippen LogP contribution in [0.2, 0.25) is 0 Å². The molecule has 21 heavy (non-hydrogen) atoms. The van der Waals surface area contributed by atoms with Gasteiger partial charge in [-0.1, -0.05) is 12.8 Å². The van der Waals surface area contributed by atoms with Crippen molar-refractivity contribution < 1.29 is 0 Å². The fourth-order valence-corrected chi connectivity index (χ4v) is 3.87. The van der Waals surface area contributed by atoms with Gasteiger partial charge in [-0.3, -0.25) is 0 Å². The number of piperidine rings is 1. The lowest BCUT2D eigenvalue weighted by Crippen LogP contribution is -2.44. The van der Waals surface area contributed by atoms with Gasteiger partial charge in [0.15, 0.2) is 0 Å². The molecule has 4 heteroatoms. The molecule has 0 unspecified atom stereocenters. The van der Waals surface area contributed by atoms with Crippen LogP contribution in [0.4, 0.5) is 5.82 Å². The summed E-state index contributed by atoms with van der Waals surface area (Å²) in [6, 6.07) is 2.71. The van der Waals surface area contributed by atoms with E-state index in [9.17, 15) is 0 Å². The minimum atomic E-state index is 0.624. The first-order chi connectivity index (χ1) is 10.2. The summed E-state index contributed by atoms with van der Waals surface area (Å²) in [4.78, 5) is 13.6. The Morgan fingerprint density at radius 3 is 2.52 bits per heavy atom. The second-order valence-corrected chi connectivity index (χ2v) is 6.81. The Balaban J connectivity index is 1.50. The Morgan fingerprint density at radius 1 is 1.14 bits per heavy atom. The van der Waals surface area contributed by atoms with Crippen LogP contribution in [0.5, 0.6) is 0 Å². The fourth-order valence-electron chi connectivity index (χ4n) is 3.87. The van der Waals surface area contributed by atoms with Crippen LogP contribution >= 0.6 is 0 Å². The number of hydrogen-bond acceptors (Lipinski definition) is 4. The SMILES string of the molecule is Cc1cc(N(C)C2CCN(CC3CCCC3)CC2)ncn1. The molecule has 1 saturated carbocycles. The number of likely N-dealkylation sites (tertiary alicyclic amines) is 1. The summed E-state index contributed by atoms with van der Waals surface area (Å²) in [6.07, 6.45) is 10.0. The fraction of sp³-hybridized carbons (Fsp3) is 0.765. The number of anilines is 1. The molecule has 0 bridgehead atoms. The normalized spacial score (nSPS) is 21.8. The quantitative estimate of drug-likeness (QED) is 0.853. The molecule has 2 heterocycles. The van der Waals surface area contributed by atoms with Crippen molar-refractivity contribution in [1.82, 2.24) is 14.9 Å². The van der Waals surface area contributed by atoms with Crippen LogP contribution in [0.1, 0.15) is 44.2 Å². The Morgan fingerprint density at radius 2 is 1.86 bits per heavy atom. The molecule has 1 saturated heterocycles. The zero-order valence-electron chi connectivity index (χ0n) is 13.5. The highest BCUT2D eigenvalue weighted by molar-refractivity contribution is 5.39. The summed E-state index contributed by atoms with van der Waals surface area (Å²) < 4.78 is 0. The van der Waals surface area contributed by atoms with E-state index in [1.165, 1.54) is 58.2 Å². The predicted octanol–water partition coefficient (Wildman–Crippen LogP) is 2.88. The standard InChI is InChI=1S/C17H28N4/c1-14-11-17(19-13-18-14)20(2)16-7-9-21(10-8-16)12-15-5-3-4-6-15/h11,13,15-16H,3-10,12H2,1-2H3. The van der Waals surface area contributed by atoms with Crippen LogP contribution in [0.25, 0.3) is 0 Å². The maximum absolute atomic E-state index is 4.42. The van der Waals surface area contributed by atoms with E-state index in [1.54, 1.807) is 6.33 Å². The largest absolute Gasteiger partial charge is 0.356 e. The average molecular weight is 288 g/mol. The molecule has 1 aromatic heterocycles. The van der Waals surface area contributed by atoms with E-state index in [-0.39, 0.29) is 0 Å². The van der Waals surface area contributed by atoms with E-state index in [4.69, 9.17) is 0 Å². The van der Waals surface area contributed by atoms with Crippen molar-refractivity contribution in [2.24, 2.45) is 5.92 Å². The van der Waals surface area contributed by atoms with Gasteiger partial charge in [-0.2, -0.15) is 0 Å². The topological polar surface area (TPSA) is 32.3 Å². The Bertz CT molecular complexity index is 448. The first kappa shape index (κ1) is 14.8. The molecule has 0 aromatic carbocycles. The van der Waals surface area contributed by atoms with Crippen molar-refractivity contribution in [3.63, 3.8) is 0 Å². The van der Waals surface area contributed by atoms with Crippen LogP contribution in [-0.4, -0.2) is 47.6 Å². The molecule has 1 aliphatic carbocycles. The minimum Gasteiger partial charge on any atom is -0.356 e. The third-order valence-electron chi connectivity index (χ3n) is 5.25. The molecular weight excluding hydrogens is 260 g/mol. The molecule has 0 amide bonds. The number of hydrogen-bond donors (Lipinski definition) is 0. The lowest BCUT2D eigenvalue weighted by Gasteiger charge is -2.38. The van der Waals surface area contributed by atoms with Gasteiger partial charge in [-0.15, -0.1) is 0 Å². The van der Waals surface area contributed by atoms with Crippen LogP contribution in [-0.2, 0) is 0 Å². The number of aromatic nitrogens is 2. The summed E-state index contributed by atoms with van der Waals surface area (Å²) >= 11 is 0. The monoisotopic (exact) mass is 288 g/mol. The first-order valence-corrected chi connectivity index (χ1v) is 8.46. The van der Waals surface area contributed by atoms with E-state index in [1.807, 2.05) is 6.92 Å². The van der Waals surface area contributed by atoms with E-state index in [0.717, 1.165) is 17.4 Å². The van der Waals surface area contributed by atoms with E-state index >= 15 is 0 Å². The zero-order chi connectivity index (χ0) is 14.7. The average Bonchev–Trinajstić information content (AvgIpc) is 3.00. The van der Waals surface area contributed by atoms with E-state index < -0.39 is 0 Å². The number of nitrogens with zero attached hydrogens (tertiary/aromatic N) is 4. The van der Waals surface area contributed by atoms with Crippen molar-refractivity contribution in [3.05, 3.63) is 18.1 Å². The van der Waals surface area contributed by atoms with Crippen LogP contribution in [0.3, 0.4) is 0 Å². The smallest absolute Gasteiger partial charge is 0.132 e. The van der Waals surface area contributed by atoms with Crippen LogP contribution in [0.15, 0.2) is 12.4 Å². The molecule has 116 valence electrons. The van der Waals surface area contributed by atoms with Gasteiger partial charge in [0.25, 0.3) is 0 Å². The van der Waals surface area contributed by atoms with Gasteiger partial charge in [0.1, 0.15) is 12.1 Å². The number of rotatable bonds is 4. The van der Waals surface area contributed by atoms with Crippen molar-refractivity contribution >= 4 is 5.82 Å². The molecule has 2 aliphatic rings. The Hall–Kier alpha value is -1.16. The molecule has 0 atom stereocenters. The highest BCUT2D eigenvalue weighted by atomic mass is 15.2. The van der Waals surface area contributed by atoms with Gasteiger partial charge in [0.2, 0.25) is 0 Å². The molecular formula is C17H28N4. The Labute approximate surface area is 128 Å². The van der Waals surface area contributed by atoms with E-state index in [0.29, 0.717) is 6.04 Å². The van der Waals surface area contributed by atoms with Gasteiger partial charge in [-0.25, -0.2) is 9.97 Å². The second kappa shape index (κ2) is 6.73. The lowest BCUT2D eigenvalue weighted by atomic mass is 10.0. The first-order valence-electron chi connectivity index (χ1n) is 8.46. The highest BCUT2D eigenvalue weighted by Gasteiger charge is 2.25. The van der Waals surface area contributed by atoms with Crippen LogP contribution in [0, 0.1) is 12.8 Å². The molecule has 4 nitrogen and oxygen atoms in total. The van der Waals surface area contributed by atoms with Gasteiger partial charge in [0, 0.05) is 44.5 Å². The van der Waals surface area contributed by atoms with Gasteiger partial charge in [0.05, 0.1) is 0 Å². The lowest BCUT2D eigenvalue weighted by molar-refractivity contribution is 0.182. The van der Waals surface area contributed by atoms with Gasteiger partial charge in [-0.05, 0) is 38.5 Å². The van der Waals surface area contributed by atoms with E-state index in [2.05, 4.69) is 32.9 Å². The Kier molecular flexibility index (Phi) is 4.73. The molecule has 3 rings (SSSR count). The third kappa shape index (κ3) is 3.73. The van der Waals surface area contributed by atoms with Gasteiger partial charge >= 0.3 is 0 Å². The van der Waals surface area contributed by atoms with Gasteiger partial charge < -0.3 is 9.80 Å². The van der Waals surface area contributed by atoms with Crippen LogP contribution < -0.4 is 4.90 Å². The summed E-state index contributed by atoms with van der Waals surface area (Å²) in [5.41, 5.74) is 1.05. The number of aryl methyl sites for hydroxylation is 1. The second-order valence-electron chi connectivity index (χ2n) is 6.81. The highest BCUT2D eigenvalue weighted by Crippen LogP contribution is 2.27. The predicted molar refractivity (Wildman–Crippen MR) is 86.6 cm³/mol. The summed E-state index contributed by atoms with van der Waals surface area (Å²) in [5.74, 6) is 2.04. The molecule has 0 spiro atoms. The summed E-state index contributed by atoms with van der Waals surface area (Å²) in [6.45, 7) is 5.86. The maximum atomic E-state index is 4.42. The molecule has 1 aliphatic heterocycles. The van der Waals surface area contributed by atoms with Crippen molar-refractivity contribution in [2.45, 2.75) is 51.5 Å². The minimum absolute atomic E-state index is 0.624. The molecule has 2 fully saturated rings. The molecule has 1 aromatic rings. The maximum Gasteiger partial charge on any atom is 0.132 e.